The van der Waals surface area contributed by atoms with Gasteiger partial charge in [0.15, 0.2) is 0 Å². The first-order chi connectivity index (χ1) is 7.71. The highest BCUT2D eigenvalue weighted by Crippen LogP contribution is 2.16. The van der Waals surface area contributed by atoms with Gasteiger partial charge in [-0.25, -0.2) is 0 Å². The summed E-state index contributed by atoms with van der Waals surface area (Å²) in [6.45, 7) is 6.10. The SMILES string of the molecule is CCCCC(CCC)N(N=O)C(=O)CCC. The molecule has 1 atom stereocenters. The van der Waals surface area contributed by atoms with Crippen LogP contribution >= 0.6 is 0 Å². The van der Waals surface area contributed by atoms with E-state index in [0.717, 1.165) is 38.5 Å². The molecule has 0 aliphatic carbocycles. The Labute approximate surface area is 98.3 Å². The summed E-state index contributed by atoms with van der Waals surface area (Å²) in [4.78, 5) is 22.4. The second-order valence-electron chi connectivity index (χ2n) is 4.15. The van der Waals surface area contributed by atoms with Crippen molar-refractivity contribution in [2.75, 3.05) is 0 Å². The molecule has 0 fully saturated rings. The lowest BCUT2D eigenvalue weighted by atomic mass is 10.0. The van der Waals surface area contributed by atoms with Crippen LogP contribution in [0.5, 0.6) is 0 Å². The summed E-state index contributed by atoms with van der Waals surface area (Å²) >= 11 is 0. The fraction of sp³-hybridized carbons (Fsp3) is 0.917. The van der Waals surface area contributed by atoms with E-state index >= 15 is 0 Å². The van der Waals surface area contributed by atoms with Crippen LogP contribution in [0.1, 0.15) is 65.7 Å². The van der Waals surface area contributed by atoms with Gasteiger partial charge in [-0.1, -0.05) is 40.0 Å². The Morgan fingerprint density at radius 2 is 1.81 bits per heavy atom. The molecule has 16 heavy (non-hydrogen) atoms. The minimum Gasteiger partial charge on any atom is -0.273 e. The van der Waals surface area contributed by atoms with Gasteiger partial charge in [0.2, 0.25) is 5.91 Å². The standard InChI is InChI=1S/C12H24N2O2/c1-4-7-10-11(8-5-2)14(13-16)12(15)9-6-3/h11H,4-10H2,1-3H3. The van der Waals surface area contributed by atoms with Crippen molar-refractivity contribution < 1.29 is 4.79 Å². The molecule has 1 unspecified atom stereocenters. The average Bonchev–Trinajstić information content (AvgIpc) is 2.27. The molecule has 0 aromatic heterocycles. The van der Waals surface area contributed by atoms with Gasteiger partial charge in [0.25, 0.3) is 0 Å². The van der Waals surface area contributed by atoms with Crippen LogP contribution in [0.3, 0.4) is 0 Å². The van der Waals surface area contributed by atoms with E-state index < -0.39 is 0 Å². The molecular weight excluding hydrogens is 204 g/mol. The van der Waals surface area contributed by atoms with Gasteiger partial charge in [-0.2, -0.15) is 5.01 Å². The highest BCUT2D eigenvalue weighted by atomic mass is 16.3. The molecule has 0 aliphatic heterocycles. The predicted molar refractivity (Wildman–Crippen MR) is 65.8 cm³/mol. The number of nitrogens with zero attached hydrogens (tertiary/aromatic N) is 2. The zero-order valence-corrected chi connectivity index (χ0v) is 10.7. The first-order valence-electron chi connectivity index (χ1n) is 6.36. The molecule has 0 saturated carbocycles. The lowest BCUT2D eigenvalue weighted by Crippen LogP contribution is -2.35. The Hall–Kier alpha value is -0.930. The normalized spacial score (nSPS) is 12.2. The monoisotopic (exact) mass is 228 g/mol. The summed E-state index contributed by atoms with van der Waals surface area (Å²) in [6, 6.07) is 0.00139. The van der Waals surface area contributed by atoms with Crippen molar-refractivity contribution in [1.29, 1.82) is 0 Å². The Morgan fingerprint density at radius 3 is 2.25 bits per heavy atom. The van der Waals surface area contributed by atoms with E-state index in [4.69, 9.17) is 0 Å². The fourth-order valence-electron chi connectivity index (χ4n) is 1.81. The van der Waals surface area contributed by atoms with Gasteiger partial charge in [-0.05, 0) is 19.3 Å². The number of carbonyl (C=O) groups excluding carboxylic acids is 1. The molecule has 0 radical (unpaired) electrons. The van der Waals surface area contributed by atoms with Crippen LogP contribution in [0.15, 0.2) is 5.29 Å². The van der Waals surface area contributed by atoms with Crippen molar-refractivity contribution in [3.63, 3.8) is 0 Å². The molecule has 0 heterocycles. The zero-order chi connectivity index (χ0) is 12.4. The molecule has 4 heteroatoms. The Balaban J connectivity index is 4.42. The first-order valence-corrected chi connectivity index (χ1v) is 6.36. The minimum atomic E-state index is -0.132. The second kappa shape index (κ2) is 9.31. The van der Waals surface area contributed by atoms with Gasteiger partial charge in [0, 0.05) is 6.42 Å². The minimum absolute atomic E-state index is 0.00139. The van der Waals surface area contributed by atoms with Gasteiger partial charge in [-0.3, -0.25) is 4.79 Å². The van der Waals surface area contributed by atoms with E-state index in [9.17, 15) is 9.70 Å². The molecular formula is C12H24N2O2. The van der Waals surface area contributed by atoms with Gasteiger partial charge >= 0.3 is 0 Å². The van der Waals surface area contributed by atoms with Crippen molar-refractivity contribution in [2.24, 2.45) is 5.29 Å². The molecule has 0 aliphatic rings. The maximum absolute atomic E-state index is 11.7. The van der Waals surface area contributed by atoms with Gasteiger partial charge in [0.1, 0.15) is 0 Å². The van der Waals surface area contributed by atoms with Gasteiger partial charge in [-0.15, -0.1) is 4.91 Å². The Bertz CT molecular complexity index is 207. The topological polar surface area (TPSA) is 49.7 Å². The number of carbonyl (C=O) groups is 1. The molecule has 0 saturated heterocycles. The van der Waals surface area contributed by atoms with E-state index in [2.05, 4.69) is 19.1 Å². The highest BCUT2D eigenvalue weighted by Gasteiger charge is 2.22. The Morgan fingerprint density at radius 1 is 1.12 bits per heavy atom. The maximum Gasteiger partial charge on any atom is 0.245 e. The third kappa shape index (κ3) is 5.24. The third-order valence-corrected chi connectivity index (χ3v) is 2.67. The highest BCUT2D eigenvalue weighted by molar-refractivity contribution is 5.76. The quantitative estimate of drug-likeness (QED) is 0.446. The second-order valence-corrected chi connectivity index (χ2v) is 4.15. The van der Waals surface area contributed by atoms with E-state index in [1.807, 2.05) is 6.92 Å². The molecule has 0 aromatic carbocycles. The average molecular weight is 228 g/mol. The summed E-state index contributed by atoms with van der Waals surface area (Å²) in [6.07, 6.45) is 6.01. The smallest absolute Gasteiger partial charge is 0.245 e. The summed E-state index contributed by atoms with van der Waals surface area (Å²) in [5.41, 5.74) is 0. The summed E-state index contributed by atoms with van der Waals surface area (Å²) in [5, 5.41) is 4.08. The van der Waals surface area contributed by atoms with Crippen LogP contribution in [-0.4, -0.2) is 17.0 Å². The third-order valence-electron chi connectivity index (χ3n) is 2.67. The first kappa shape index (κ1) is 15.1. The number of nitroso groups, excluding NO2 is 1. The lowest BCUT2D eigenvalue weighted by molar-refractivity contribution is -0.134. The van der Waals surface area contributed by atoms with Gasteiger partial charge < -0.3 is 0 Å². The molecule has 1 amide bonds. The fourth-order valence-corrected chi connectivity index (χ4v) is 1.81. The zero-order valence-electron chi connectivity index (χ0n) is 10.7. The lowest BCUT2D eigenvalue weighted by Gasteiger charge is -2.24. The summed E-state index contributed by atoms with van der Waals surface area (Å²) in [5.74, 6) is -0.132. The van der Waals surface area contributed by atoms with Crippen molar-refractivity contribution in [2.45, 2.75) is 71.8 Å². The van der Waals surface area contributed by atoms with E-state index in [1.54, 1.807) is 0 Å². The van der Waals surface area contributed by atoms with Gasteiger partial charge in [0.05, 0.1) is 11.3 Å². The van der Waals surface area contributed by atoms with E-state index in [-0.39, 0.29) is 11.9 Å². The predicted octanol–water partition coefficient (Wildman–Crippen LogP) is 3.66. The molecule has 94 valence electrons. The van der Waals surface area contributed by atoms with Crippen LogP contribution in [0.25, 0.3) is 0 Å². The summed E-state index contributed by atoms with van der Waals surface area (Å²) < 4.78 is 0. The molecule has 0 rings (SSSR count). The van der Waals surface area contributed by atoms with Crippen molar-refractivity contribution in [3.05, 3.63) is 4.91 Å². The van der Waals surface area contributed by atoms with Crippen LogP contribution in [0.2, 0.25) is 0 Å². The number of unbranched alkanes of at least 4 members (excludes halogenated alkanes) is 1. The number of hydrogen-bond donors (Lipinski definition) is 0. The number of hydrogen-bond acceptors (Lipinski definition) is 3. The van der Waals surface area contributed by atoms with Crippen molar-refractivity contribution in [3.8, 4) is 0 Å². The van der Waals surface area contributed by atoms with Crippen LogP contribution in [0.4, 0.5) is 0 Å². The molecule has 0 spiro atoms. The Kier molecular flexibility index (Phi) is 8.77. The van der Waals surface area contributed by atoms with E-state index in [0.29, 0.717) is 6.42 Å². The van der Waals surface area contributed by atoms with Crippen molar-refractivity contribution >= 4 is 5.91 Å². The van der Waals surface area contributed by atoms with Crippen LogP contribution in [0, 0.1) is 4.91 Å². The molecule has 4 nitrogen and oxygen atoms in total. The molecule has 0 aromatic rings. The van der Waals surface area contributed by atoms with Crippen LogP contribution < -0.4 is 0 Å². The number of amides is 1. The molecule has 0 N–H and O–H groups in total. The van der Waals surface area contributed by atoms with Crippen LogP contribution in [-0.2, 0) is 4.79 Å². The summed E-state index contributed by atoms with van der Waals surface area (Å²) in [7, 11) is 0. The van der Waals surface area contributed by atoms with E-state index in [1.165, 1.54) is 5.01 Å². The maximum atomic E-state index is 11.7. The number of rotatable bonds is 9. The van der Waals surface area contributed by atoms with Crippen molar-refractivity contribution in [1.82, 2.24) is 5.01 Å². The largest absolute Gasteiger partial charge is 0.273 e. The molecule has 0 bridgehead atoms.